The molecule has 0 aromatic heterocycles. The average Bonchev–Trinajstić information content (AvgIpc) is 2.52. The summed E-state index contributed by atoms with van der Waals surface area (Å²) in [7, 11) is 0. The SMILES string of the molecule is CCOCCOc1cc(C)ccc1CN=C(N)N(CC)CC.I. The molecule has 0 radical (unpaired) electrons. The van der Waals surface area contributed by atoms with Crippen molar-refractivity contribution in [2.75, 3.05) is 32.9 Å². The van der Waals surface area contributed by atoms with Gasteiger partial charge in [-0.1, -0.05) is 12.1 Å². The van der Waals surface area contributed by atoms with Gasteiger partial charge in [0.15, 0.2) is 5.96 Å². The first-order valence-electron chi connectivity index (χ1n) is 7.97. The van der Waals surface area contributed by atoms with E-state index >= 15 is 0 Å². The van der Waals surface area contributed by atoms with Gasteiger partial charge in [-0.25, -0.2) is 4.99 Å². The van der Waals surface area contributed by atoms with E-state index in [0.29, 0.717) is 32.3 Å². The summed E-state index contributed by atoms with van der Waals surface area (Å²) < 4.78 is 11.1. The molecule has 0 saturated heterocycles. The number of nitrogens with zero attached hydrogens (tertiary/aromatic N) is 2. The third-order valence-corrected chi connectivity index (χ3v) is 3.41. The van der Waals surface area contributed by atoms with Crippen molar-refractivity contribution in [3.05, 3.63) is 29.3 Å². The molecule has 1 aromatic rings. The molecule has 0 saturated carbocycles. The van der Waals surface area contributed by atoms with Crippen molar-refractivity contribution in [3.63, 3.8) is 0 Å². The molecule has 0 amide bonds. The molecule has 0 unspecified atom stereocenters. The first-order chi connectivity index (χ1) is 10.6. The van der Waals surface area contributed by atoms with Gasteiger partial charge in [-0.05, 0) is 39.3 Å². The topological polar surface area (TPSA) is 60.1 Å². The maximum Gasteiger partial charge on any atom is 0.191 e. The zero-order valence-electron chi connectivity index (χ0n) is 14.7. The lowest BCUT2D eigenvalue weighted by Crippen LogP contribution is -2.37. The van der Waals surface area contributed by atoms with Crippen molar-refractivity contribution in [1.29, 1.82) is 0 Å². The lowest BCUT2D eigenvalue weighted by Gasteiger charge is -2.19. The molecule has 0 fully saturated rings. The molecule has 1 aromatic carbocycles. The molecule has 23 heavy (non-hydrogen) atoms. The summed E-state index contributed by atoms with van der Waals surface area (Å²) in [4.78, 5) is 6.51. The van der Waals surface area contributed by atoms with Gasteiger partial charge < -0.3 is 20.1 Å². The van der Waals surface area contributed by atoms with Crippen LogP contribution < -0.4 is 10.5 Å². The second-order valence-electron chi connectivity index (χ2n) is 5.00. The van der Waals surface area contributed by atoms with Gasteiger partial charge in [0.2, 0.25) is 0 Å². The van der Waals surface area contributed by atoms with Crippen LogP contribution in [0.2, 0.25) is 0 Å². The summed E-state index contributed by atoms with van der Waals surface area (Å²) in [6.45, 7) is 12.2. The zero-order valence-corrected chi connectivity index (χ0v) is 17.0. The Morgan fingerprint density at radius 1 is 1.17 bits per heavy atom. The number of hydrogen-bond acceptors (Lipinski definition) is 3. The summed E-state index contributed by atoms with van der Waals surface area (Å²) in [5.74, 6) is 1.43. The molecule has 5 nitrogen and oxygen atoms in total. The number of hydrogen-bond donors (Lipinski definition) is 1. The molecule has 0 atom stereocenters. The third kappa shape index (κ3) is 7.87. The van der Waals surface area contributed by atoms with Gasteiger partial charge in [0, 0.05) is 25.3 Å². The average molecular weight is 435 g/mol. The lowest BCUT2D eigenvalue weighted by molar-refractivity contribution is 0.110. The number of rotatable bonds is 9. The van der Waals surface area contributed by atoms with Crippen molar-refractivity contribution >= 4 is 29.9 Å². The zero-order chi connectivity index (χ0) is 16.4. The minimum absolute atomic E-state index is 0. The Balaban J connectivity index is 0.00000484. The fraction of sp³-hybridized carbons (Fsp3) is 0.588. The van der Waals surface area contributed by atoms with E-state index in [-0.39, 0.29) is 24.0 Å². The van der Waals surface area contributed by atoms with Crippen molar-refractivity contribution in [2.24, 2.45) is 10.7 Å². The number of guanidine groups is 1. The van der Waals surface area contributed by atoms with Crippen LogP contribution in [0.15, 0.2) is 23.2 Å². The Morgan fingerprint density at radius 3 is 2.48 bits per heavy atom. The molecule has 2 N–H and O–H groups in total. The molecule has 132 valence electrons. The van der Waals surface area contributed by atoms with E-state index in [1.807, 2.05) is 30.9 Å². The highest BCUT2D eigenvalue weighted by molar-refractivity contribution is 14.0. The van der Waals surface area contributed by atoms with Crippen LogP contribution in [0.1, 0.15) is 31.9 Å². The Bertz CT molecular complexity index is 477. The monoisotopic (exact) mass is 435 g/mol. The highest BCUT2D eigenvalue weighted by Crippen LogP contribution is 2.21. The molecule has 6 heteroatoms. The Labute approximate surface area is 157 Å². The summed E-state index contributed by atoms with van der Waals surface area (Å²) in [6.07, 6.45) is 0. The van der Waals surface area contributed by atoms with E-state index < -0.39 is 0 Å². The fourth-order valence-corrected chi connectivity index (χ4v) is 2.10. The van der Waals surface area contributed by atoms with Crippen molar-refractivity contribution in [1.82, 2.24) is 4.90 Å². The molecule has 0 bridgehead atoms. The molecule has 0 heterocycles. The van der Waals surface area contributed by atoms with Crippen molar-refractivity contribution in [2.45, 2.75) is 34.2 Å². The largest absolute Gasteiger partial charge is 0.491 e. The van der Waals surface area contributed by atoms with Crippen LogP contribution in [-0.2, 0) is 11.3 Å². The van der Waals surface area contributed by atoms with Gasteiger partial charge in [-0.3, -0.25) is 0 Å². The quantitative estimate of drug-likeness (QED) is 0.280. The maximum absolute atomic E-state index is 6.02. The lowest BCUT2D eigenvalue weighted by atomic mass is 10.1. The third-order valence-electron chi connectivity index (χ3n) is 3.41. The molecular weight excluding hydrogens is 405 g/mol. The first kappa shape index (κ1) is 22.0. The summed E-state index contributed by atoms with van der Waals surface area (Å²) >= 11 is 0. The van der Waals surface area contributed by atoms with Crippen LogP contribution in [0.3, 0.4) is 0 Å². The van der Waals surface area contributed by atoms with E-state index in [9.17, 15) is 0 Å². The van der Waals surface area contributed by atoms with Crippen LogP contribution in [0.5, 0.6) is 5.75 Å². The molecule has 0 aliphatic carbocycles. The van der Waals surface area contributed by atoms with Gasteiger partial charge in [-0.2, -0.15) is 0 Å². The standard InChI is InChI=1S/C17H29N3O2.HI/c1-5-20(6-2)17(18)19-13-15-9-8-14(4)12-16(15)22-11-10-21-7-3;/h8-9,12H,5-7,10-11,13H2,1-4H3,(H2,18,19);1H. The van der Waals surface area contributed by atoms with Gasteiger partial charge in [0.25, 0.3) is 0 Å². The van der Waals surface area contributed by atoms with Crippen LogP contribution in [-0.4, -0.2) is 43.8 Å². The van der Waals surface area contributed by atoms with E-state index in [4.69, 9.17) is 15.2 Å². The summed E-state index contributed by atoms with van der Waals surface area (Å²) in [6, 6.07) is 6.14. The predicted molar refractivity (Wildman–Crippen MR) is 107 cm³/mol. The predicted octanol–water partition coefficient (Wildman–Crippen LogP) is 3.18. The number of halogens is 1. The minimum atomic E-state index is 0. The van der Waals surface area contributed by atoms with E-state index in [2.05, 4.69) is 24.9 Å². The van der Waals surface area contributed by atoms with Crippen LogP contribution in [0.25, 0.3) is 0 Å². The smallest absolute Gasteiger partial charge is 0.191 e. The minimum Gasteiger partial charge on any atom is -0.491 e. The Morgan fingerprint density at radius 2 is 1.87 bits per heavy atom. The van der Waals surface area contributed by atoms with Gasteiger partial charge in [0.05, 0.1) is 13.2 Å². The number of aliphatic imine (C=N–C) groups is 1. The molecule has 0 aliphatic rings. The number of ether oxygens (including phenoxy) is 2. The number of benzene rings is 1. The molecular formula is C17H30IN3O2. The number of aryl methyl sites for hydroxylation is 1. The van der Waals surface area contributed by atoms with Crippen molar-refractivity contribution in [3.8, 4) is 5.75 Å². The second-order valence-corrected chi connectivity index (χ2v) is 5.00. The van der Waals surface area contributed by atoms with Crippen molar-refractivity contribution < 1.29 is 9.47 Å². The highest BCUT2D eigenvalue weighted by atomic mass is 127. The number of nitrogens with two attached hydrogens (primary N) is 1. The summed E-state index contributed by atoms with van der Waals surface area (Å²) in [5.41, 5.74) is 8.22. The highest BCUT2D eigenvalue weighted by Gasteiger charge is 2.06. The van der Waals surface area contributed by atoms with Gasteiger partial charge in [0.1, 0.15) is 12.4 Å². The van der Waals surface area contributed by atoms with Gasteiger partial charge in [-0.15, -0.1) is 24.0 Å². The fourth-order valence-electron chi connectivity index (χ4n) is 2.10. The van der Waals surface area contributed by atoms with Crippen LogP contribution in [0.4, 0.5) is 0 Å². The van der Waals surface area contributed by atoms with E-state index in [1.165, 1.54) is 0 Å². The van der Waals surface area contributed by atoms with E-state index in [1.54, 1.807) is 0 Å². The van der Waals surface area contributed by atoms with Crippen LogP contribution >= 0.6 is 24.0 Å². The first-order valence-corrected chi connectivity index (χ1v) is 7.97. The Hall–Kier alpha value is -1.02. The molecule has 0 aliphatic heterocycles. The van der Waals surface area contributed by atoms with E-state index in [0.717, 1.165) is 30.0 Å². The van der Waals surface area contributed by atoms with Gasteiger partial charge >= 0.3 is 0 Å². The normalized spacial score (nSPS) is 11.0. The Kier molecular flexibility index (Phi) is 11.9. The maximum atomic E-state index is 6.02. The second kappa shape index (κ2) is 12.4. The molecule has 1 rings (SSSR count). The molecule has 0 spiro atoms. The van der Waals surface area contributed by atoms with Crippen LogP contribution in [0, 0.1) is 6.92 Å². The summed E-state index contributed by atoms with van der Waals surface area (Å²) in [5, 5.41) is 0.